The number of aliphatic carboxylic acids is 1. The van der Waals surface area contributed by atoms with Crippen molar-refractivity contribution in [3.63, 3.8) is 0 Å². The Bertz CT molecular complexity index is 790. The number of hydrogen-bond donors (Lipinski definition) is 1. The molecule has 1 saturated heterocycles. The maximum absolute atomic E-state index is 11.5. The average molecular weight is 315 g/mol. The number of aromatic nitrogens is 1. The van der Waals surface area contributed by atoms with Crippen LogP contribution in [0.25, 0.3) is 10.8 Å². The summed E-state index contributed by atoms with van der Waals surface area (Å²) in [6.07, 6.45) is 3.81. The summed E-state index contributed by atoms with van der Waals surface area (Å²) < 4.78 is 0. The monoisotopic (exact) mass is 315 g/mol. The molecule has 1 aliphatic rings. The average Bonchev–Trinajstić information content (AvgIpc) is 2.53. The van der Waals surface area contributed by atoms with Gasteiger partial charge in [0.05, 0.1) is 10.3 Å². The zero-order chi connectivity index (χ0) is 16.6. The summed E-state index contributed by atoms with van der Waals surface area (Å²) in [5.74, 6) is -0.368. The Morgan fingerprint density at radius 1 is 1.39 bits per heavy atom. The molecule has 1 aromatic heterocycles. The number of carboxylic acid groups (broad SMARTS) is 1. The lowest BCUT2D eigenvalue weighted by Gasteiger charge is -2.34. The fraction of sp³-hybridized carbons (Fsp3) is 0.375. The number of anilines is 1. The number of fused-ring (bicyclic) bond motifs is 1. The fourth-order valence-corrected chi connectivity index (χ4v) is 3.21. The fourth-order valence-electron chi connectivity index (χ4n) is 3.21. The third-order valence-corrected chi connectivity index (χ3v) is 4.24. The molecule has 3 rings (SSSR count). The van der Waals surface area contributed by atoms with Crippen LogP contribution in [-0.2, 0) is 4.79 Å². The van der Waals surface area contributed by atoms with Crippen molar-refractivity contribution >= 4 is 28.2 Å². The van der Waals surface area contributed by atoms with Crippen molar-refractivity contribution in [1.82, 2.24) is 4.98 Å². The van der Waals surface area contributed by atoms with Gasteiger partial charge in [0.25, 0.3) is 5.69 Å². The number of carboxylic acids is 1. The molecule has 1 N–H and O–H groups in total. The zero-order valence-corrected chi connectivity index (χ0v) is 12.7. The van der Waals surface area contributed by atoms with Crippen LogP contribution >= 0.6 is 0 Å². The molecule has 1 atom stereocenters. The first-order valence-corrected chi connectivity index (χ1v) is 7.52. The van der Waals surface area contributed by atoms with E-state index in [2.05, 4.69) is 4.98 Å². The summed E-state index contributed by atoms with van der Waals surface area (Å²) in [4.78, 5) is 28.5. The maximum Gasteiger partial charge on any atom is 0.326 e. The number of benzene rings is 1. The molecule has 7 nitrogen and oxygen atoms in total. The van der Waals surface area contributed by atoms with Gasteiger partial charge < -0.3 is 10.0 Å². The highest BCUT2D eigenvalue weighted by atomic mass is 16.6. The molecular formula is C16H17N3O4. The van der Waals surface area contributed by atoms with Crippen LogP contribution in [-0.4, -0.2) is 33.6 Å². The van der Waals surface area contributed by atoms with E-state index in [-0.39, 0.29) is 5.69 Å². The van der Waals surface area contributed by atoms with E-state index in [0.717, 1.165) is 18.4 Å². The minimum absolute atomic E-state index is 0.0209. The maximum atomic E-state index is 11.5. The van der Waals surface area contributed by atoms with E-state index in [1.54, 1.807) is 17.9 Å². The summed E-state index contributed by atoms with van der Waals surface area (Å²) in [6.45, 7) is 2.37. The van der Waals surface area contributed by atoms with Gasteiger partial charge in [0.1, 0.15) is 11.9 Å². The highest BCUT2D eigenvalue weighted by Crippen LogP contribution is 2.34. The van der Waals surface area contributed by atoms with Crippen molar-refractivity contribution in [2.75, 3.05) is 11.4 Å². The number of non-ortho nitro benzene ring substituents is 1. The van der Waals surface area contributed by atoms with Crippen molar-refractivity contribution in [3.05, 3.63) is 40.1 Å². The molecule has 1 unspecified atom stereocenters. The molecule has 23 heavy (non-hydrogen) atoms. The number of piperidine rings is 1. The molecule has 0 radical (unpaired) electrons. The number of aryl methyl sites for hydroxylation is 1. The molecule has 2 heterocycles. The van der Waals surface area contributed by atoms with Gasteiger partial charge in [-0.15, -0.1) is 0 Å². The molecule has 1 aliphatic heterocycles. The van der Waals surface area contributed by atoms with Gasteiger partial charge in [-0.2, -0.15) is 0 Å². The number of pyridine rings is 1. The van der Waals surface area contributed by atoms with E-state index >= 15 is 0 Å². The molecule has 2 aromatic rings. The molecule has 0 saturated carbocycles. The number of nitrogens with zero attached hydrogens (tertiary/aromatic N) is 3. The molecular weight excluding hydrogens is 298 g/mol. The predicted octanol–water partition coefficient (Wildman–Crippen LogP) is 2.89. The van der Waals surface area contributed by atoms with Crippen molar-refractivity contribution < 1.29 is 14.8 Å². The van der Waals surface area contributed by atoms with Gasteiger partial charge in [-0.1, -0.05) is 0 Å². The van der Waals surface area contributed by atoms with Crippen LogP contribution < -0.4 is 4.90 Å². The number of nitro groups is 1. The third kappa shape index (κ3) is 2.69. The molecule has 0 spiro atoms. The molecule has 0 aliphatic carbocycles. The van der Waals surface area contributed by atoms with Crippen molar-refractivity contribution in [3.8, 4) is 0 Å². The van der Waals surface area contributed by atoms with Gasteiger partial charge in [0.15, 0.2) is 0 Å². The van der Waals surface area contributed by atoms with Crippen LogP contribution in [0.2, 0.25) is 0 Å². The minimum atomic E-state index is -0.884. The second-order valence-electron chi connectivity index (χ2n) is 5.81. The molecule has 1 fully saturated rings. The highest BCUT2D eigenvalue weighted by molar-refractivity contribution is 5.99. The lowest BCUT2D eigenvalue weighted by Crippen LogP contribution is -2.45. The second-order valence-corrected chi connectivity index (χ2v) is 5.81. The van der Waals surface area contributed by atoms with E-state index in [0.29, 0.717) is 29.6 Å². The summed E-state index contributed by atoms with van der Waals surface area (Å²) in [5.41, 5.74) is 0.773. The van der Waals surface area contributed by atoms with E-state index < -0.39 is 16.9 Å². The smallest absolute Gasteiger partial charge is 0.326 e. The zero-order valence-electron chi connectivity index (χ0n) is 12.7. The first-order valence-electron chi connectivity index (χ1n) is 7.52. The van der Waals surface area contributed by atoms with Crippen LogP contribution in [0.3, 0.4) is 0 Å². The van der Waals surface area contributed by atoms with E-state index in [4.69, 9.17) is 0 Å². The topological polar surface area (TPSA) is 96.6 Å². The van der Waals surface area contributed by atoms with Gasteiger partial charge in [0.2, 0.25) is 0 Å². The van der Waals surface area contributed by atoms with Crippen LogP contribution in [0, 0.1) is 17.0 Å². The number of nitro benzene ring substituents is 1. The van der Waals surface area contributed by atoms with Crippen LogP contribution in [0.1, 0.15) is 24.8 Å². The standard InChI is InChI=1S/C16H17N3O4/c1-10-8-12-11(14(9-10)19(22)23)5-6-17-15(12)18-7-3-2-4-13(18)16(20)21/h5-6,8-9,13H,2-4,7H2,1H3,(H,20,21). The number of hydrogen-bond acceptors (Lipinski definition) is 5. The Hall–Kier alpha value is -2.70. The quantitative estimate of drug-likeness (QED) is 0.691. The molecule has 0 bridgehead atoms. The summed E-state index contributed by atoms with van der Waals surface area (Å²) in [5, 5.41) is 21.9. The predicted molar refractivity (Wildman–Crippen MR) is 85.8 cm³/mol. The summed E-state index contributed by atoms with van der Waals surface area (Å²) in [7, 11) is 0. The lowest BCUT2D eigenvalue weighted by atomic mass is 10.00. The molecule has 7 heteroatoms. The van der Waals surface area contributed by atoms with Gasteiger partial charge in [-0.25, -0.2) is 9.78 Å². The second kappa shape index (κ2) is 5.83. The third-order valence-electron chi connectivity index (χ3n) is 4.24. The Morgan fingerprint density at radius 3 is 2.87 bits per heavy atom. The van der Waals surface area contributed by atoms with E-state index in [1.807, 2.05) is 6.07 Å². The Balaban J connectivity index is 2.21. The minimum Gasteiger partial charge on any atom is -0.480 e. The Morgan fingerprint density at radius 2 is 2.17 bits per heavy atom. The molecule has 0 amide bonds. The number of rotatable bonds is 3. The largest absolute Gasteiger partial charge is 0.480 e. The first kappa shape index (κ1) is 15.2. The van der Waals surface area contributed by atoms with Crippen molar-refractivity contribution in [2.45, 2.75) is 32.2 Å². The molecule has 1 aromatic carbocycles. The SMILES string of the molecule is Cc1cc([N+](=O)[O-])c2ccnc(N3CCCCC3C(=O)O)c2c1. The lowest BCUT2D eigenvalue weighted by molar-refractivity contribution is -0.383. The van der Waals surface area contributed by atoms with Crippen molar-refractivity contribution in [1.29, 1.82) is 0 Å². The van der Waals surface area contributed by atoms with Gasteiger partial charge in [-0.3, -0.25) is 10.1 Å². The van der Waals surface area contributed by atoms with Crippen LogP contribution in [0.15, 0.2) is 24.4 Å². The Kier molecular flexibility index (Phi) is 3.85. The number of carbonyl (C=O) groups is 1. The molecule has 120 valence electrons. The van der Waals surface area contributed by atoms with Gasteiger partial charge >= 0.3 is 5.97 Å². The van der Waals surface area contributed by atoms with E-state index in [9.17, 15) is 20.0 Å². The normalized spacial score (nSPS) is 18.1. The Labute approximate surface area is 132 Å². The van der Waals surface area contributed by atoms with Gasteiger partial charge in [0, 0.05) is 24.2 Å². The summed E-state index contributed by atoms with van der Waals surface area (Å²) >= 11 is 0. The first-order chi connectivity index (χ1) is 11.0. The highest BCUT2D eigenvalue weighted by Gasteiger charge is 2.31. The van der Waals surface area contributed by atoms with Crippen molar-refractivity contribution in [2.24, 2.45) is 0 Å². The van der Waals surface area contributed by atoms with Crippen LogP contribution in [0.4, 0.5) is 11.5 Å². The summed E-state index contributed by atoms with van der Waals surface area (Å²) in [6, 6.07) is 4.33. The van der Waals surface area contributed by atoms with Crippen LogP contribution in [0.5, 0.6) is 0 Å². The van der Waals surface area contributed by atoms with Gasteiger partial charge in [-0.05, 0) is 43.9 Å². The van der Waals surface area contributed by atoms with E-state index in [1.165, 1.54) is 12.3 Å².